The number of rotatable bonds is 6. The molecule has 8 heteroatoms. The zero-order chi connectivity index (χ0) is 15.4. The van der Waals surface area contributed by atoms with E-state index in [0.717, 1.165) is 5.00 Å². The van der Waals surface area contributed by atoms with Crippen molar-refractivity contribution >= 4 is 22.0 Å². The normalized spacial score (nSPS) is 10.6. The second kappa shape index (κ2) is 6.45. The van der Waals surface area contributed by atoms with Gasteiger partial charge in [0.05, 0.1) is 6.10 Å². The fourth-order valence-electron chi connectivity index (χ4n) is 1.71. The van der Waals surface area contributed by atoms with Gasteiger partial charge in [-0.15, -0.1) is 11.3 Å². The van der Waals surface area contributed by atoms with Crippen LogP contribution in [-0.4, -0.2) is 22.8 Å². The third kappa shape index (κ3) is 3.64. The molecule has 0 amide bonds. The van der Waals surface area contributed by atoms with Crippen LogP contribution in [0, 0.1) is 18.3 Å². The predicted molar refractivity (Wildman–Crippen MR) is 80.4 cm³/mol. The average Bonchev–Trinajstić information content (AvgIpc) is 2.96. The van der Waals surface area contributed by atoms with Crippen LogP contribution < -0.4 is 15.8 Å². The Hall–Kier alpha value is -2.27. The van der Waals surface area contributed by atoms with Crippen LogP contribution in [0.1, 0.15) is 30.4 Å². The lowest BCUT2D eigenvalue weighted by Gasteiger charge is -2.12. The van der Waals surface area contributed by atoms with E-state index in [-0.39, 0.29) is 6.10 Å². The molecule has 21 heavy (non-hydrogen) atoms. The molecule has 3 N–H and O–H groups in total. The Morgan fingerprint density at radius 3 is 2.86 bits per heavy atom. The first-order valence-corrected chi connectivity index (χ1v) is 7.35. The Balaban J connectivity index is 2.06. The monoisotopic (exact) mass is 307 g/mol. The largest absolute Gasteiger partial charge is 0.486 e. The van der Waals surface area contributed by atoms with Crippen molar-refractivity contribution < 1.29 is 9.26 Å². The lowest BCUT2D eigenvalue weighted by atomic mass is 10.3. The Kier molecular flexibility index (Phi) is 4.65. The van der Waals surface area contributed by atoms with Crippen molar-refractivity contribution in [3.05, 3.63) is 16.6 Å². The Bertz CT molecular complexity index is 656. The third-order valence-corrected chi connectivity index (χ3v) is 3.61. The highest BCUT2D eigenvalue weighted by Crippen LogP contribution is 2.42. The number of thiophene rings is 1. The molecule has 2 heterocycles. The number of nitrogens with one attached hydrogen (secondary N) is 1. The van der Waals surface area contributed by atoms with Gasteiger partial charge in [-0.3, -0.25) is 0 Å². The number of nitrogen functional groups attached to an aromatic ring is 1. The molecule has 0 saturated carbocycles. The van der Waals surface area contributed by atoms with Crippen molar-refractivity contribution in [1.29, 1.82) is 5.26 Å². The molecule has 2 rings (SSSR count). The Morgan fingerprint density at radius 1 is 1.52 bits per heavy atom. The number of hydrogen-bond acceptors (Lipinski definition) is 8. The van der Waals surface area contributed by atoms with Gasteiger partial charge in [-0.1, -0.05) is 5.16 Å². The van der Waals surface area contributed by atoms with Gasteiger partial charge < -0.3 is 20.3 Å². The van der Waals surface area contributed by atoms with Crippen molar-refractivity contribution in [2.75, 3.05) is 17.6 Å². The second-order valence-corrected chi connectivity index (χ2v) is 5.71. The fraction of sp³-hybridized carbons (Fsp3) is 0.462. The lowest BCUT2D eigenvalue weighted by Crippen LogP contribution is -2.10. The molecule has 0 saturated heterocycles. The topological polar surface area (TPSA) is 110 Å². The quantitative estimate of drug-likeness (QED) is 0.842. The zero-order valence-corrected chi connectivity index (χ0v) is 13.0. The van der Waals surface area contributed by atoms with Crippen molar-refractivity contribution in [2.24, 2.45) is 0 Å². The number of nitrogens with zero attached hydrogens (tertiary/aromatic N) is 3. The van der Waals surface area contributed by atoms with Crippen LogP contribution in [-0.2, 0) is 6.42 Å². The number of anilines is 2. The van der Waals surface area contributed by atoms with Gasteiger partial charge in [0.2, 0.25) is 5.89 Å². The van der Waals surface area contributed by atoms with Gasteiger partial charge in [0.25, 0.3) is 0 Å². The molecule has 7 nitrogen and oxygen atoms in total. The predicted octanol–water partition coefficient (Wildman–Crippen LogP) is 2.34. The maximum Gasteiger partial charge on any atom is 0.223 e. The van der Waals surface area contributed by atoms with E-state index >= 15 is 0 Å². The van der Waals surface area contributed by atoms with Crippen LogP contribution in [0.2, 0.25) is 0 Å². The molecule has 2 aromatic rings. The maximum absolute atomic E-state index is 9.06. The maximum atomic E-state index is 9.06. The molecule has 0 spiro atoms. The average molecular weight is 307 g/mol. The first-order valence-electron chi connectivity index (χ1n) is 6.53. The molecular formula is C13H17N5O2S. The molecule has 0 unspecified atom stereocenters. The first-order chi connectivity index (χ1) is 10.0. The summed E-state index contributed by atoms with van der Waals surface area (Å²) in [6, 6.07) is 2.07. The number of aryl methyl sites for hydroxylation is 1. The summed E-state index contributed by atoms with van der Waals surface area (Å²) in [5.74, 6) is 1.72. The van der Waals surface area contributed by atoms with Crippen LogP contribution in [0.3, 0.4) is 0 Å². The molecule has 0 fully saturated rings. The molecule has 0 aliphatic rings. The van der Waals surface area contributed by atoms with Gasteiger partial charge in [0.1, 0.15) is 21.6 Å². The molecular weight excluding hydrogens is 290 g/mol. The van der Waals surface area contributed by atoms with Crippen LogP contribution in [0.15, 0.2) is 4.52 Å². The zero-order valence-electron chi connectivity index (χ0n) is 12.1. The number of nitrogens with two attached hydrogens (primary N) is 1. The van der Waals surface area contributed by atoms with Crippen LogP contribution in [0.4, 0.5) is 10.7 Å². The number of nitriles is 1. The minimum atomic E-state index is -0.0196. The van der Waals surface area contributed by atoms with E-state index in [9.17, 15) is 0 Å². The molecule has 0 atom stereocenters. The number of aromatic nitrogens is 2. The summed E-state index contributed by atoms with van der Waals surface area (Å²) in [6.07, 6.45) is 0.590. The van der Waals surface area contributed by atoms with Crippen molar-refractivity contribution in [3.63, 3.8) is 0 Å². The van der Waals surface area contributed by atoms with Gasteiger partial charge in [-0.05, 0) is 13.8 Å². The molecule has 2 aromatic heterocycles. The lowest BCUT2D eigenvalue weighted by molar-refractivity contribution is 0.246. The molecule has 0 bridgehead atoms. The summed E-state index contributed by atoms with van der Waals surface area (Å²) in [7, 11) is 0. The third-order valence-electron chi connectivity index (χ3n) is 2.56. The fourth-order valence-corrected chi connectivity index (χ4v) is 2.59. The van der Waals surface area contributed by atoms with E-state index in [2.05, 4.69) is 21.5 Å². The summed E-state index contributed by atoms with van der Waals surface area (Å²) in [6.45, 7) is 6.17. The van der Waals surface area contributed by atoms with Gasteiger partial charge in [-0.25, -0.2) is 0 Å². The second-order valence-electron chi connectivity index (χ2n) is 4.69. The highest BCUT2D eigenvalue weighted by molar-refractivity contribution is 7.17. The number of hydrogen-bond donors (Lipinski definition) is 2. The van der Waals surface area contributed by atoms with E-state index in [1.807, 2.05) is 13.8 Å². The smallest absolute Gasteiger partial charge is 0.223 e. The molecule has 0 aromatic carbocycles. The van der Waals surface area contributed by atoms with Crippen molar-refractivity contribution in [1.82, 2.24) is 10.1 Å². The van der Waals surface area contributed by atoms with E-state index in [0.29, 0.717) is 41.0 Å². The highest BCUT2D eigenvalue weighted by Gasteiger charge is 2.18. The summed E-state index contributed by atoms with van der Waals surface area (Å²) >= 11 is 1.28. The van der Waals surface area contributed by atoms with E-state index < -0.39 is 0 Å². The van der Waals surface area contributed by atoms with Crippen molar-refractivity contribution in [3.8, 4) is 11.8 Å². The van der Waals surface area contributed by atoms with E-state index in [4.69, 9.17) is 20.3 Å². The molecule has 0 aliphatic heterocycles. The van der Waals surface area contributed by atoms with E-state index in [1.165, 1.54) is 11.3 Å². The summed E-state index contributed by atoms with van der Waals surface area (Å²) in [5, 5.41) is 16.8. The van der Waals surface area contributed by atoms with Gasteiger partial charge >= 0.3 is 0 Å². The minimum Gasteiger partial charge on any atom is -0.486 e. The van der Waals surface area contributed by atoms with Gasteiger partial charge in [-0.2, -0.15) is 10.2 Å². The molecule has 0 radical (unpaired) electrons. The van der Waals surface area contributed by atoms with Gasteiger partial charge in [0, 0.05) is 19.9 Å². The summed E-state index contributed by atoms with van der Waals surface area (Å²) < 4.78 is 10.6. The summed E-state index contributed by atoms with van der Waals surface area (Å²) in [5.41, 5.74) is 6.32. The molecule has 112 valence electrons. The Labute approximate surface area is 126 Å². The van der Waals surface area contributed by atoms with Crippen LogP contribution in [0.5, 0.6) is 5.75 Å². The van der Waals surface area contributed by atoms with Crippen molar-refractivity contribution in [2.45, 2.75) is 33.3 Å². The number of ether oxygens (including phenoxy) is 1. The minimum absolute atomic E-state index is 0.0196. The van der Waals surface area contributed by atoms with E-state index in [1.54, 1.807) is 6.92 Å². The molecule has 0 aliphatic carbocycles. The van der Waals surface area contributed by atoms with Crippen LogP contribution >= 0.6 is 11.3 Å². The van der Waals surface area contributed by atoms with Crippen LogP contribution in [0.25, 0.3) is 0 Å². The highest BCUT2D eigenvalue weighted by atomic mass is 32.1. The summed E-state index contributed by atoms with van der Waals surface area (Å²) in [4.78, 5) is 4.58. The SMILES string of the molecule is Cc1nc(CCNc2sc(C#N)c(N)c2OC(C)C)no1. The first kappa shape index (κ1) is 15.1. The van der Waals surface area contributed by atoms with Gasteiger partial charge in [0.15, 0.2) is 11.6 Å². The standard InChI is InChI=1S/C13H17N5O2S/c1-7(2)19-12-11(15)9(6-14)21-13(12)16-5-4-10-17-8(3)20-18-10/h7,16H,4-5,15H2,1-3H3. The Morgan fingerprint density at radius 2 is 2.29 bits per heavy atom.